The maximum atomic E-state index is 12.3. The number of hydrogen-bond donors (Lipinski definition) is 2. The first-order chi connectivity index (χ1) is 9.27. The molecule has 0 atom stereocenters. The molecular weight excluding hydrogens is 274 g/mol. The third-order valence-corrected chi connectivity index (χ3v) is 5.02. The molecular formula is C14H25N3O2S. The van der Waals surface area contributed by atoms with Gasteiger partial charge in [-0.05, 0) is 45.0 Å². The Morgan fingerprint density at radius 1 is 1.35 bits per heavy atom. The van der Waals surface area contributed by atoms with Crippen LogP contribution in [0, 0.1) is 6.92 Å². The van der Waals surface area contributed by atoms with Crippen LogP contribution in [0.25, 0.3) is 0 Å². The van der Waals surface area contributed by atoms with Gasteiger partial charge in [0, 0.05) is 25.7 Å². The lowest BCUT2D eigenvalue weighted by Gasteiger charge is -2.21. The Kier molecular flexibility index (Phi) is 6.13. The Labute approximate surface area is 122 Å². The first-order valence-corrected chi connectivity index (χ1v) is 8.25. The van der Waals surface area contributed by atoms with Gasteiger partial charge in [-0.15, -0.1) is 0 Å². The number of aryl methyl sites for hydroxylation is 1. The Hall–Kier alpha value is -0.950. The van der Waals surface area contributed by atoms with Crippen LogP contribution in [0.4, 0.5) is 0 Å². The van der Waals surface area contributed by atoms with Crippen molar-refractivity contribution in [2.24, 2.45) is 5.73 Å². The molecule has 0 fully saturated rings. The summed E-state index contributed by atoms with van der Waals surface area (Å²) in [5, 5.41) is 0. The van der Waals surface area contributed by atoms with Gasteiger partial charge >= 0.3 is 0 Å². The lowest BCUT2D eigenvalue weighted by atomic mass is 10.1. The molecule has 0 aliphatic carbocycles. The van der Waals surface area contributed by atoms with E-state index in [-0.39, 0.29) is 0 Å². The predicted molar refractivity (Wildman–Crippen MR) is 82.0 cm³/mol. The molecule has 0 unspecified atom stereocenters. The van der Waals surface area contributed by atoms with E-state index in [1.807, 2.05) is 13.1 Å². The summed E-state index contributed by atoms with van der Waals surface area (Å²) in [6.07, 6.45) is 0. The number of rotatable bonds is 7. The van der Waals surface area contributed by atoms with Crippen LogP contribution in [0.5, 0.6) is 0 Å². The molecule has 0 amide bonds. The van der Waals surface area contributed by atoms with E-state index in [9.17, 15) is 8.42 Å². The number of likely N-dealkylation sites (N-methyl/N-ethyl adjacent to an activating group) is 1. The second-order valence-corrected chi connectivity index (χ2v) is 7.01. The van der Waals surface area contributed by atoms with Crippen molar-refractivity contribution in [3.8, 4) is 0 Å². The summed E-state index contributed by atoms with van der Waals surface area (Å²) in [5.41, 5.74) is 7.11. The lowest BCUT2D eigenvalue weighted by molar-refractivity contribution is 0.278. The maximum absolute atomic E-state index is 12.3. The summed E-state index contributed by atoms with van der Waals surface area (Å²) < 4.78 is 27.2. The minimum Gasteiger partial charge on any atom is -0.326 e. The van der Waals surface area contributed by atoms with E-state index in [1.165, 1.54) is 0 Å². The Balaban J connectivity index is 2.79. The van der Waals surface area contributed by atoms with Crippen molar-refractivity contribution in [2.45, 2.75) is 38.3 Å². The number of nitrogens with two attached hydrogens (primary N) is 1. The minimum absolute atomic E-state index is 0.313. The van der Waals surface area contributed by atoms with E-state index in [2.05, 4.69) is 23.5 Å². The Morgan fingerprint density at radius 3 is 2.55 bits per heavy atom. The highest BCUT2D eigenvalue weighted by atomic mass is 32.2. The molecule has 0 radical (unpaired) electrons. The molecule has 0 aromatic heterocycles. The highest BCUT2D eigenvalue weighted by molar-refractivity contribution is 7.89. The van der Waals surface area contributed by atoms with Gasteiger partial charge in [0.05, 0.1) is 4.90 Å². The number of nitrogens with zero attached hydrogens (tertiary/aromatic N) is 1. The average Bonchev–Trinajstić information content (AvgIpc) is 2.38. The topological polar surface area (TPSA) is 75.4 Å². The zero-order valence-electron chi connectivity index (χ0n) is 12.7. The molecule has 3 N–H and O–H groups in total. The number of hydrogen-bond acceptors (Lipinski definition) is 4. The zero-order chi connectivity index (χ0) is 15.3. The second kappa shape index (κ2) is 7.17. The van der Waals surface area contributed by atoms with Crippen LogP contribution >= 0.6 is 0 Å². The van der Waals surface area contributed by atoms with Gasteiger partial charge in [-0.3, -0.25) is 0 Å². The first kappa shape index (κ1) is 17.1. The largest absolute Gasteiger partial charge is 0.326 e. The van der Waals surface area contributed by atoms with Crippen molar-refractivity contribution in [1.82, 2.24) is 9.62 Å². The highest BCUT2D eigenvalue weighted by Crippen LogP contribution is 2.16. The van der Waals surface area contributed by atoms with Crippen LogP contribution < -0.4 is 10.5 Å². The van der Waals surface area contributed by atoms with Crippen LogP contribution in [0.2, 0.25) is 0 Å². The van der Waals surface area contributed by atoms with Crippen LogP contribution in [0.3, 0.4) is 0 Å². The van der Waals surface area contributed by atoms with Gasteiger partial charge in [0.15, 0.2) is 0 Å². The van der Waals surface area contributed by atoms with Crippen LogP contribution in [0.15, 0.2) is 23.1 Å². The predicted octanol–water partition coefficient (Wildman–Crippen LogP) is 1.07. The van der Waals surface area contributed by atoms with Crippen molar-refractivity contribution < 1.29 is 8.42 Å². The summed E-state index contributed by atoms with van der Waals surface area (Å²) in [4.78, 5) is 2.40. The van der Waals surface area contributed by atoms with Gasteiger partial charge in [-0.2, -0.15) is 0 Å². The molecule has 0 aliphatic heterocycles. The fourth-order valence-electron chi connectivity index (χ4n) is 1.75. The third kappa shape index (κ3) is 4.56. The summed E-state index contributed by atoms with van der Waals surface area (Å²) in [6.45, 7) is 7.33. The summed E-state index contributed by atoms with van der Waals surface area (Å²) in [7, 11) is -1.51. The second-order valence-electron chi connectivity index (χ2n) is 5.28. The van der Waals surface area contributed by atoms with E-state index in [0.717, 1.165) is 11.1 Å². The molecule has 0 spiro atoms. The van der Waals surface area contributed by atoms with Gasteiger partial charge in [-0.1, -0.05) is 12.1 Å². The molecule has 0 saturated heterocycles. The average molecular weight is 299 g/mol. The lowest BCUT2D eigenvalue weighted by Crippen LogP contribution is -2.36. The van der Waals surface area contributed by atoms with E-state index in [0.29, 0.717) is 30.6 Å². The monoisotopic (exact) mass is 299 g/mol. The van der Waals surface area contributed by atoms with E-state index >= 15 is 0 Å². The maximum Gasteiger partial charge on any atom is 0.240 e. The zero-order valence-corrected chi connectivity index (χ0v) is 13.5. The SMILES string of the molecule is Cc1ccc(CN)cc1S(=O)(=O)NCCN(C)C(C)C. The van der Waals surface area contributed by atoms with Crippen molar-refractivity contribution in [1.29, 1.82) is 0 Å². The summed E-state index contributed by atoms with van der Waals surface area (Å²) in [5.74, 6) is 0. The number of nitrogens with one attached hydrogen (secondary N) is 1. The third-order valence-electron chi connectivity index (χ3n) is 3.42. The Bertz CT molecular complexity index is 541. The molecule has 1 aromatic rings. The molecule has 20 heavy (non-hydrogen) atoms. The van der Waals surface area contributed by atoms with E-state index in [4.69, 9.17) is 5.73 Å². The fraction of sp³-hybridized carbons (Fsp3) is 0.571. The van der Waals surface area contributed by atoms with Gasteiger partial charge < -0.3 is 10.6 Å². The quantitative estimate of drug-likeness (QED) is 0.790. The minimum atomic E-state index is -3.48. The smallest absolute Gasteiger partial charge is 0.240 e. The van der Waals surface area contributed by atoms with Gasteiger partial charge in [0.25, 0.3) is 0 Å². The van der Waals surface area contributed by atoms with Crippen molar-refractivity contribution in [3.05, 3.63) is 29.3 Å². The normalized spacial score (nSPS) is 12.3. The molecule has 1 rings (SSSR count). The molecule has 1 aromatic carbocycles. The van der Waals surface area contributed by atoms with E-state index < -0.39 is 10.0 Å². The molecule has 114 valence electrons. The standard InChI is InChI=1S/C14H25N3O2S/c1-11(2)17(4)8-7-16-20(18,19)14-9-13(10-15)6-5-12(14)3/h5-6,9,11,16H,7-8,10,15H2,1-4H3. The fourth-order valence-corrected chi connectivity index (χ4v) is 3.07. The molecule has 0 bridgehead atoms. The van der Waals surface area contributed by atoms with Crippen molar-refractivity contribution in [3.63, 3.8) is 0 Å². The van der Waals surface area contributed by atoms with Gasteiger partial charge in [0.2, 0.25) is 10.0 Å². The Morgan fingerprint density at radius 2 is 2.00 bits per heavy atom. The summed E-state index contributed by atoms with van der Waals surface area (Å²) >= 11 is 0. The van der Waals surface area contributed by atoms with Gasteiger partial charge in [0.1, 0.15) is 0 Å². The van der Waals surface area contributed by atoms with Crippen molar-refractivity contribution >= 4 is 10.0 Å². The van der Waals surface area contributed by atoms with Crippen LogP contribution in [-0.4, -0.2) is 39.5 Å². The van der Waals surface area contributed by atoms with Crippen molar-refractivity contribution in [2.75, 3.05) is 20.1 Å². The summed E-state index contributed by atoms with van der Waals surface area (Å²) in [6, 6.07) is 5.67. The van der Waals surface area contributed by atoms with Gasteiger partial charge in [-0.25, -0.2) is 13.1 Å². The number of benzene rings is 1. The van der Waals surface area contributed by atoms with Crippen LogP contribution in [-0.2, 0) is 16.6 Å². The molecule has 5 nitrogen and oxygen atoms in total. The molecule has 0 saturated carbocycles. The van der Waals surface area contributed by atoms with E-state index in [1.54, 1.807) is 19.1 Å². The molecule has 0 aliphatic rings. The van der Waals surface area contributed by atoms with Crippen LogP contribution in [0.1, 0.15) is 25.0 Å². The number of sulfonamides is 1. The molecule has 0 heterocycles. The molecule has 6 heteroatoms. The highest BCUT2D eigenvalue weighted by Gasteiger charge is 2.17. The first-order valence-electron chi connectivity index (χ1n) is 6.77.